The van der Waals surface area contributed by atoms with Crippen LogP contribution in [0, 0.1) is 0 Å². The third-order valence-electron chi connectivity index (χ3n) is 4.05. The molecule has 0 radical (unpaired) electrons. The van der Waals surface area contributed by atoms with E-state index >= 15 is 0 Å². The topological polar surface area (TPSA) is 32.3 Å². The standard InChI is InChI=1S/C17H26N2O/c1-15(19-12-5-6-13-19)14-17(20)18-11-7-10-16-8-3-2-4-9-16/h2-4,8-9,15H,5-7,10-14H2,1H3,(H,18,20)/t15-/m1/s1. The Bertz CT molecular complexity index is 399. The lowest BCUT2D eigenvalue weighted by Gasteiger charge is -2.23. The van der Waals surface area contributed by atoms with Crippen molar-refractivity contribution in [2.24, 2.45) is 0 Å². The Morgan fingerprint density at radius 3 is 2.65 bits per heavy atom. The highest BCUT2D eigenvalue weighted by Crippen LogP contribution is 2.13. The maximum atomic E-state index is 11.9. The van der Waals surface area contributed by atoms with Gasteiger partial charge in [-0.15, -0.1) is 0 Å². The highest BCUT2D eigenvalue weighted by atomic mass is 16.1. The lowest BCUT2D eigenvalue weighted by Crippen LogP contribution is -2.36. The minimum Gasteiger partial charge on any atom is -0.356 e. The van der Waals surface area contributed by atoms with Crippen molar-refractivity contribution in [2.45, 2.75) is 45.1 Å². The average Bonchev–Trinajstić information content (AvgIpc) is 2.99. The van der Waals surface area contributed by atoms with Crippen molar-refractivity contribution in [1.82, 2.24) is 10.2 Å². The Morgan fingerprint density at radius 1 is 1.25 bits per heavy atom. The monoisotopic (exact) mass is 274 g/mol. The summed E-state index contributed by atoms with van der Waals surface area (Å²) in [6, 6.07) is 10.8. The van der Waals surface area contributed by atoms with Crippen LogP contribution in [0.3, 0.4) is 0 Å². The molecule has 1 atom stereocenters. The van der Waals surface area contributed by atoms with Crippen LogP contribution in [0.15, 0.2) is 30.3 Å². The van der Waals surface area contributed by atoms with Crippen molar-refractivity contribution < 1.29 is 4.79 Å². The molecule has 0 unspecified atom stereocenters. The summed E-state index contributed by atoms with van der Waals surface area (Å²) in [4.78, 5) is 14.3. The molecular weight excluding hydrogens is 248 g/mol. The molecule has 1 saturated heterocycles. The lowest BCUT2D eigenvalue weighted by molar-refractivity contribution is -0.122. The maximum Gasteiger partial charge on any atom is 0.221 e. The lowest BCUT2D eigenvalue weighted by atomic mass is 10.1. The molecule has 1 aromatic rings. The molecule has 20 heavy (non-hydrogen) atoms. The SMILES string of the molecule is C[C@H](CC(=O)NCCCc1ccccc1)N1CCCC1. The van der Waals surface area contributed by atoms with E-state index in [1.807, 2.05) is 6.07 Å². The Morgan fingerprint density at radius 2 is 1.95 bits per heavy atom. The number of hydrogen-bond acceptors (Lipinski definition) is 2. The van der Waals surface area contributed by atoms with Crippen LogP contribution in [0.1, 0.15) is 38.2 Å². The molecule has 3 heteroatoms. The van der Waals surface area contributed by atoms with E-state index in [2.05, 4.69) is 41.4 Å². The first-order chi connectivity index (χ1) is 9.75. The van der Waals surface area contributed by atoms with Gasteiger partial charge in [0.15, 0.2) is 0 Å². The van der Waals surface area contributed by atoms with Crippen LogP contribution in [-0.4, -0.2) is 36.5 Å². The van der Waals surface area contributed by atoms with E-state index in [0.717, 1.165) is 32.5 Å². The normalized spacial score (nSPS) is 17.1. The summed E-state index contributed by atoms with van der Waals surface area (Å²) >= 11 is 0. The van der Waals surface area contributed by atoms with Crippen molar-refractivity contribution in [3.63, 3.8) is 0 Å². The number of carbonyl (C=O) groups is 1. The first kappa shape index (κ1) is 15.0. The minimum absolute atomic E-state index is 0.192. The van der Waals surface area contributed by atoms with Gasteiger partial charge in [-0.05, 0) is 51.3 Å². The number of amides is 1. The fourth-order valence-electron chi connectivity index (χ4n) is 2.82. The predicted molar refractivity (Wildman–Crippen MR) is 82.7 cm³/mol. The maximum absolute atomic E-state index is 11.9. The molecule has 1 N–H and O–H groups in total. The van der Waals surface area contributed by atoms with Crippen LogP contribution in [0.25, 0.3) is 0 Å². The van der Waals surface area contributed by atoms with E-state index in [4.69, 9.17) is 0 Å². The number of aryl methyl sites for hydroxylation is 1. The fraction of sp³-hybridized carbons (Fsp3) is 0.588. The van der Waals surface area contributed by atoms with Crippen molar-refractivity contribution in [1.29, 1.82) is 0 Å². The van der Waals surface area contributed by atoms with Gasteiger partial charge in [0.25, 0.3) is 0 Å². The molecule has 1 fully saturated rings. The van der Waals surface area contributed by atoms with Gasteiger partial charge in [0.05, 0.1) is 0 Å². The number of nitrogens with one attached hydrogen (secondary N) is 1. The first-order valence-electron chi connectivity index (χ1n) is 7.80. The number of carbonyl (C=O) groups excluding carboxylic acids is 1. The third-order valence-corrected chi connectivity index (χ3v) is 4.05. The molecule has 2 rings (SSSR count). The molecule has 0 saturated carbocycles. The first-order valence-corrected chi connectivity index (χ1v) is 7.80. The Balaban J connectivity index is 1.58. The number of hydrogen-bond donors (Lipinski definition) is 1. The molecule has 1 aliphatic rings. The summed E-state index contributed by atoms with van der Waals surface area (Å²) in [5, 5.41) is 3.04. The Labute approximate surface area is 122 Å². The largest absolute Gasteiger partial charge is 0.356 e. The smallest absolute Gasteiger partial charge is 0.221 e. The number of rotatable bonds is 7. The summed E-state index contributed by atoms with van der Waals surface area (Å²) in [6.45, 7) is 5.25. The Hall–Kier alpha value is -1.35. The van der Waals surface area contributed by atoms with Gasteiger partial charge in [0, 0.05) is 19.0 Å². The summed E-state index contributed by atoms with van der Waals surface area (Å²) in [5.74, 6) is 0.192. The van der Waals surface area contributed by atoms with Gasteiger partial charge in [-0.3, -0.25) is 4.79 Å². The molecule has 0 spiro atoms. The molecule has 0 aromatic heterocycles. The second-order valence-corrected chi connectivity index (χ2v) is 5.74. The van der Waals surface area contributed by atoms with Crippen LogP contribution in [0.4, 0.5) is 0 Å². The molecule has 1 aromatic carbocycles. The van der Waals surface area contributed by atoms with Crippen LogP contribution in [-0.2, 0) is 11.2 Å². The third kappa shape index (κ3) is 4.97. The van der Waals surface area contributed by atoms with Gasteiger partial charge >= 0.3 is 0 Å². The van der Waals surface area contributed by atoms with E-state index in [1.165, 1.54) is 18.4 Å². The minimum atomic E-state index is 0.192. The molecule has 0 aliphatic carbocycles. The Kier molecular flexibility index (Phi) is 6.06. The number of benzene rings is 1. The number of nitrogens with zero attached hydrogens (tertiary/aromatic N) is 1. The molecule has 1 amide bonds. The molecule has 1 heterocycles. The molecular formula is C17H26N2O. The van der Waals surface area contributed by atoms with Gasteiger partial charge in [0.2, 0.25) is 5.91 Å². The molecule has 0 bridgehead atoms. The van der Waals surface area contributed by atoms with Gasteiger partial charge in [0.1, 0.15) is 0 Å². The van der Waals surface area contributed by atoms with Crippen molar-refractivity contribution in [2.75, 3.05) is 19.6 Å². The van der Waals surface area contributed by atoms with Crippen LogP contribution in [0.2, 0.25) is 0 Å². The molecule has 1 aliphatic heterocycles. The highest BCUT2D eigenvalue weighted by molar-refractivity contribution is 5.76. The zero-order valence-corrected chi connectivity index (χ0v) is 12.5. The van der Waals surface area contributed by atoms with E-state index in [9.17, 15) is 4.79 Å². The quantitative estimate of drug-likeness (QED) is 0.775. The van der Waals surface area contributed by atoms with E-state index in [0.29, 0.717) is 12.5 Å². The van der Waals surface area contributed by atoms with Crippen molar-refractivity contribution in [3.8, 4) is 0 Å². The average molecular weight is 274 g/mol. The van der Waals surface area contributed by atoms with Crippen LogP contribution < -0.4 is 5.32 Å². The summed E-state index contributed by atoms with van der Waals surface area (Å²) in [5.41, 5.74) is 1.34. The van der Waals surface area contributed by atoms with Gasteiger partial charge in [-0.1, -0.05) is 30.3 Å². The van der Waals surface area contributed by atoms with Gasteiger partial charge in [-0.25, -0.2) is 0 Å². The van der Waals surface area contributed by atoms with E-state index in [1.54, 1.807) is 0 Å². The summed E-state index contributed by atoms with van der Waals surface area (Å²) < 4.78 is 0. The van der Waals surface area contributed by atoms with Crippen molar-refractivity contribution >= 4 is 5.91 Å². The summed E-state index contributed by atoms with van der Waals surface area (Å²) in [7, 11) is 0. The van der Waals surface area contributed by atoms with Crippen LogP contribution >= 0.6 is 0 Å². The van der Waals surface area contributed by atoms with Crippen LogP contribution in [0.5, 0.6) is 0 Å². The molecule has 3 nitrogen and oxygen atoms in total. The van der Waals surface area contributed by atoms with E-state index < -0.39 is 0 Å². The van der Waals surface area contributed by atoms with Gasteiger partial charge < -0.3 is 10.2 Å². The second kappa shape index (κ2) is 8.05. The number of likely N-dealkylation sites (tertiary alicyclic amines) is 1. The van der Waals surface area contributed by atoms with Gasteiger partial charge in [-0.2, -0.15) is 0 Å². The van der Waals surface area contributed by atoms with Crippen molar-refractivity contribution in [3.05, 3.63) is 35.9 Å². The molecule has 110 valence electrons. The summed E-state index contributed by atoms with van der Waals surface area (Å²) in [6.07, 6.45) is 5.23. The zero-order chi connectivity index (χ0) is 14.2. The predicted octanol–water partition coefficient (Wildman–Crippen LogP) is 2.61. The van der Waals surface area contributed by atoms with E-state index in [-0.39, 0.29) is 5.91 Å². The fourth-order valence-corrected chi connectivity index (χ4v) is 2.82. The highest BCUT2D eigenvalue weighted by Gasteiger charge is 2.19. The zero-order valence-electron chi connectivity index (χ0n) is 12.5. The second-order valence-electron chi connectivity index (χ2n) is 5.74.